The molecule has 7 nitrogen and oxygen atoms in total. The van der Waals surface area contributed by atoms with Gasteiger partial charge in [0, 0.05) is 29.9 Å². The number of ether oxygens (including phenoxy) is 2. The summed E-state index contributed by atoms with van der Waals surface area (Å²) in [7, 11) is 1.65. The number of carbonyl (C=O) groups excluding carboxylic acids is 1. The summed E-state index contributed by atoms with van der Waals surface area (Å²) >= 11 is 6.05. The summed E-state index contributed by atoms with van der Waals surface area (Å²) in [6.07, 6.45) is 6.56. The highest BCUT2D eigenvalue weighted by atomic mass is 35.5. The number of amides is 1. The molecule has 0 spiro atoms. The second-order valence-electron chi connectivity index (χ2n) is 8.26. The van der Waals surface area contributed by atoms with Crippen molar-refractivity contribution in [2.75, 3.05) is 33.4 Å². The monoisotopic (exact) mass is 480 g/mol. The minimum Gasteiger partial charge on any atom is -0.497 e. The highest BCUT2D eigenvalue weighted by molar-refractivity contribution is 6.30. The normalized spacial score (nSPS) is 15.5. The molecule has 1 aliphatic rings. The zero-order valence-corrected chi connectivity index (χ0v) is 19.9. The van der Waals surface area contributed by atoms with E-state index in [1.807, 2.05) is 48.5 Å². The number of rotatable bonds is 9. The first kappa shape index (κ1) is 24.0. The van der Waals surface area contributed by atoms with Gasteiger partial charge in [-0.1, -0.05) is 23.7 Å². The van der Waals surface area contributed by atoms with E-state index < -0.39 is 0 Å². The highest BCUT2D eigenvalue weighted by Gasteiger charge is 2.28. The predicted octanol–water partition coefficient (Wildman–Crippen LogP) is 4.14. The van der Waals surface area contributed by atoms with Gasteiger partial charge in [-0.3, -0.25) is 19.7 Å². The third-order valence-electron chi connectivity index (χ3n) is 6.06. The van der Waals surface area contributed by atoms with Crippen LogP contribution in [0.1, 0.15) is 30.1 Å². The van der Waals surface area contributed by atoms with Gasteiger partial charge in [-0.2, -0.15) is 0 Å². The Morgan fingerprint density at radius 2 is 1.79 bits per heavy atom. The van der Waals surface area contributed by atoms with Crippen molar-refractivity contribution in [2.45, 2.75) is 18.9 Å². The SMILES string of the molecule is COc1ccc(OCCN2CCC(C(=O)NC(c3ccc(Cl)cc3)c3cnccn3)CC2)cc1. The number of piperidine rings is 1. The van der Waals surface area contributed by atoms with Gasteiger partial charge >= 0.3 is 0 Å². The van der Waals surface area contributed by atoms with E-state index >= 15 is 0 Å². The first-order chi connectivity index (χ1) is 16.6. The number of aromatic nitrogens is 2. The van der Waals surface area contributed by atoms with Gasteiger partial charge in [-0.05, 0) is 67.9 Å². The fourth-order valence-electron chi connectivity index (χ4n) is 4.09. The molecule has 0 bridgehead atoms. The van der Waals surface area contributed by atoms with Crippen LogP contribution in [0.3, 0.4) is 0 Å². The van der Waals surface area contributed by atoms with Gasteiger partial charge in [-0.25, -0.2) is 0 Å². The van der Waals surface area contributed by atoms with Crippen molar-refractivity contribution in [2.24, 2.45) is 5.92 Å². The molecule has 1 saturated heterocycles. The Kier molecular flexibility index (Phi) is 8.33. The lowest BCUT2D eigenvalue weighted by atomic mass is 9.94. The fraction of sp³-hybridized carbons (Fsp3) is 0.346. The molecule has 2 aromatic carbocycles. The quantitative estimate of drug-likeness (QED) is 0.496. The summed E-state index contributed by atoms with van der Waals surface area (Å²) in [6.45, 7) is 3.16. The van der Waals surface area contributed by atoms with E-state index in [1.165, 1.54) is 0 Å². The average Bonchev–Trinajstić information content (AvgIpc) is 2.89. The maximum Gasteiger partial charge on any atom is 0.224 e. The molecule has 1 unspecified atom stereocenters. The van der Waals surface area contributed by atoms with Crippen LogP contribution in [0.2, 0.25) is 5.02 Å². The third-order valence-corrected chi connectivity index (χ3v) is 6.31. The van der Waals surface area contributed by atoms with Crippen molar-refractivity contribution in [3.63, 3.8) is 0 Å². The minimum absolute atomic E-state index is 0.0368. The van der Waals surface area contributed by atoms with Crippen LogP contribution < -0.4 is 14.8 Å². The van der Waals surface area contributed by atoms with Crippen molar-refractivity contribution >= 4 is 17.5 Å². The lowest BCUT2D eigenvalue weighted by Gasteiger charge is -2.32. The van der Waals surface area contributed by atoms with Crippen LogP contribution in [0.5, 0.6) is 11.5 Å². The first-order valence-electron chi connectivity index (χ1n) is 11.4. The van der Waals surface area contributed by atoms with E-state index in [0.717, 1.165) is 49.5 Å². The lowest BCUT2D eigenvalue weighted by Crippen LogP contribution is -2.43. The average molecular weight is 481 g/mol. The van der Waals surface area contributed by atoms with E-state index in [2.05, 4.69) is 20.2 Å². The largest absolute Gasteiger partial charge is 0.497 e. The Hall–Kier alpha value is -3.16. The summed E-state index contributed by atoms with van der Waals surface area (Å²) in [5, 5.41) is 3.84. The molecule has 1 aromatic heterocycles. The highest BCUT2D eigenvalue weighted by Crippen LogP contribution is 2.24. The summed E-state index contributed by atoms with van der Waals surface area (Å²) in [6, 6.07) is 14.7. The molecule has 3 aromatic rings. The zero-order chi connectivity index (χ0) is 23.8. The molecule has 1 fully saturated rings. The van der Waals surface area contributed by atoms with Crippen molar-refractivity contribution in [1.29, 1.82) is 0 Å². The summed E-state index contributed by atoms with van der Waals surface area (Å²) in [4.78, 5) is 24.1. The number of likely N-dealkylation sites (tertiary alicyclic amines) is 1. The van der Waals surface area contributed by atoms with Crippen LogP contribution in [0.15, 0.2) is 67.1 Å². The Morgan fingerprint density at radius 1 is 1.09 bits per heavy atom. The summed E-state index contributed by atoms with van der Waals surface area (Å²) in [5.74, 6) is 1.64. The van der Waals surface area contributed by atoms with Crippen LogP contribution >= 0.6 is 11.6 Å². The standard InChI is InChI=1S/C26H29ClN4O3/c1-33-22-6-8-23(9-7-22)34-17-16-31-14-10-20(11-15-31)26(32)30-25(24-18-28-12-13-29-24)19-2-4-21(27)5-3-19/h2-9,12-13,18,20,25H,10-11,14-17H2,1H3,(H,30,32). The van der Waals surface area contributed by atoms with Crippen LogP contribution in [-0.4, -0.2) is 54.1 Å². The molecule has 1 aliphatic heterocycles. The fourth-order valence-corrected chi connectivity index (χ4v) is 4.21. The van der Waals surface area contributed by atoms with Gasteiger partial charge in [0.25, 0.3) is 0 Å². The molecule has 0 aliphatic carbocycles. The van der Waals surface area contributed by atoms with Crippen molar-refractivity contribution < 1.29 is 14.3 Å². The Labute approximate surface area is 205 Å². The number of carbonyl (C=O) groups is 1. The van der Waals surface area contributed by atoms with Gasteiger partial charge in [0.15, 0.2) is 0 Å². The maximum absolute atomic E-state index is 13.1. The topological polar surface area (TPSA) is 76.6 Å². The van der Waals surface area contributed by atoms with Gasteiger partial charge in [0.1, 0.15) is 18.1 Å². The molecule has 8 heteroatoms. The Bertz CT molecular complexity index is 1040. The molecule has 4 rings (SSSR count). The van der Waals surface area contributed by atoms with E-state index in [9.17, 15) is 4.79 Å². The zero-order valence-electron chi connectivity index (χ0n) is 19.2. The van der Waals surface area contributed by atoms with E-state index in [1.54, 1.807) is 25.7 Å². The summed E-state index contributed by atoms with van der Waals surface area (Å²) < 4.78 is 11.0. The Balaban J connectivity index is 1.28. The van der Waals surface area contributed by atoms with E-state index in [-0.39, 0.29) is 17.9 Å². The summed E-state index contributed by atoms with van der Waals surface area (Å²) in [5.41, 5.74) is 1.62. The van der Waals surface area contributed by atoms with Gasteiger partial charge in [0.05, 0.1) is 25.0 Å². The van der Waals surface area contributed by atoms with E-state index in [4.69, 9.17) is 21.1 Å². The molecule has 1 atom stereocenters. The van der Waals surface area contributed by atoms with Crippen molar-refractivity contribution in [1.82, 2.24) is 20.2 Å². The van der Waals surface area contributed by atoms with Crippen LogP contribution in [0.4, 0.5) is 0 Å². The lowest BCUT2D eigenvalue weighted by molar-refractivity contribution is -0.127. The van der Waals surface area contributed by atoms with Crippen LogP contribution in [0.25, 0.3) is 0 Å². The van der Waals surface area contributed by atoms with Crippen LogP contribution in [0, 0.1) is 5.92 Å². The Morgan fingerprint density at radius 3 is 2.44 bits per heavy atom. The van der Waals surface area contributed by atoms with Gasteiger partial charge in [0.2, 0.25) is 5.91 Å². The molecule has 2 heterocycles. The van der Waals surface area contributed by atoms with Crippen LogP contribution in [-0.2, 0) is 4.79 Å². The first-order valence-corrected chi connectivity index (χ1v) is 11.8. The number of nitrogens with one attached hydrogen (secondary N) is 1. The molecular formula is C26H29ClN4O3. The number of hydrogen-bond donors (Lipinski definition) is 1. The van der Waals surface area contributed by atoms with Crippen molar-refractivity contribution in [3.05, 3.63) is 83.4 Å². The number of nitrogens with zero attached hydrogens (tertiary/aromatic N) is 3. The third kappa shape index (κ3) is 6.46. The number of hydrogen-bond acceptors (Lipinski definition) is 6. The second-order valence-corrected chi connectivity index (χ2v) is 8.70. The van der Waals surface area contributed by atoms with Gasteiger partial charge < -0.3 is 14.8 Å². The maximum atomic E-state index is 13.1. The molecule has 34 heavy (non-hydrogen) atoms. The number of halogens is 1. The van der Waals surface area contributed by atoms with Gasteiger partial charge in [-0.15, -0.1) is 0 Å². The molecule has 1 amide bonds. The molecule has 0 radical (unpaired) electrons. The molecule has 0 saturated carbocycles. The smallest absolute Gasteiger partial charge is 0.224 e. The minimum atomic E-state index is -0.366. The van der Waals surface area contributed by atoms with Crippen molar-refractivity contribution in [3.8, 4) is 11.5 Å². The molecule has 1 N–H and O–H groups in total. The second kappa shape index (κ2) is 11.8. The number of methoxy groups -OCH3 is 1. The number of benzene rings is 2. The molecule has 178 valence electrons. The molecular weight excluding hydrogens is 452 g/mol. The predicted molar refractivity (Wildman–Crippen MR) is 131 cm³/mol. The van der Waals surface area contributed by atoms with E-state index in [0.29, 0.717) is 17.3 Å².